The van der Waals surface area contributed by atoms with Crippen LogP contribution in [0.3, 0.4) is 0 Å². The molecule has 9 heteroatoms. The van der Waals surface area contributed by atoms with Crippen molar-refractivity contribution in [3.8, 4) is 0 Å². The largest absolute Gasteiger partial charge is 0.0622 e. The quantitative estimate of drug-likeness (QED) is 0.0349. The maximum Gasteiger partial charge on any atom is -0.0134 e. The van der Waals surface area contributed by atoms with E-state index in [2.05, 4.69) is 197 Å². The summed E-state index contributed by atoms with van der Waals surface area (Å²) in [5.41, 5.74) is 2.13. The van der Waals surface area contributed by atoms with Crippen LogP contribution in [0, 0.1) is 20.0 Å². The van der Waals surface area contributed by atoms with Gasteiger partial charge in [-0.05, 0) is 48.8 Å². The maximum absolute atomic E-state index is 7.50. The summed E-state index contributed by atoms with van der Waals surface area (Å²) in [5, 5.41) is 4.19. The average molecular weight is 834 g/mol. The first-order valence-electron chi connectivity index (χ1n) is 18.4. The minimum absolute atomic E-state index is 0.446. The SMILES string of the molecule is CCCCCCN1[C]N(Cc2cccc(CN3[C]N(CCCCCC)C=C3)n2)C=C1.[C-]#[O+].[Cl][Ru].c1ccc(P(c2ccccc2)c2ccccc2)cc1. The molecule has 1 aromatic heterocycles. The fourth-order valence-electron chi connectivity index (χ4n) is 5.86. The summed E-state index contributed by atoms with van der Waals surface area (Å²) < 4.78 is 7.50. The van der Waals surface area contributed by atoms with Crippen molar-refractivity contribution in [2.75, 3.05) is 13.1 Å². The van der Waals surface area contributed by atoms with Crippen LogP contribution in [0.25, 0.3) is 0 Å². The Morgan fingerprint density at radius 3 is 1.25 bits per heavy atom. The van der Waals surface area contributed by atoms with Crippen molar-refractivity contribution >= 4 is 33.5 Å². The van der Waals surface area contributed by atoms with Crippen LogP contribution in [0.15, 0.2) is 134 Å². The molecule has 0 spiro atoms. The number of hydrogen-bond donors (Lipinski definition) is 0. The molecule has 53 heavy (non-hydrogen) atoms. The van der Waals surface area contributed by atoms with Gasteiger partial charge >= 0.3 is 38.3 Å². The number of aromatic nitrogens is 1. The molecule has 0 atom stereocenters. The second-order valence-corrected chi connectivity index (χ2v) is 14.7. The molecule has 6 rings (SSSR count). The molecule has 6 nitrogen and oxygen atoms in total. The van der Waals surface area contributed by atoms with Gasteiger partial charge in [0.25, 0.3) is 0 Å². The molecule has 4 radical (unpaired) electrons. The Balaban J connectivity index is 0.000000282. The molecule has 0 fully saturated rings. The second kappa shape index (κ2) is 27.2. The second-order valence-electron chi connectivity index (χ2n) is 12.5. The first-order valence-corrected chi connectivity index (χ1v) is 22.0. The van der Waals surface area contributed by atoms with Crippen LogP contribution in [-0.4, -0.2) is 37.7 Å². The monoisotopic (exact) mass is 834 g/mol. The van der Waals surface area contributed by atoms with Gasteiger partial charge in [-0.3, -0.25) is 4.98 Å². The number of hydrogen-bond acceptors (Lipinski definition) is 5. The first kappa shape index (κ1) is 44.0. The molecule has 2 aliphatic heterocycles. The van der Waals surface area contributed by atoms with Crippen LogP contribution < -0.4 is 15.9 Å². The Kier molecular flexibility index (Phi) is 22.6. The van der Waals surface area contributed by atoms with Gasteiger partial charge in [-0.1, -0.05) is 149 Å². The van der Waals surface area contributed by atoms with Crippen LogP contribution in [0.4, 0.5) is 0 Å². The molecule has 2 aliphatic rings. The topological polar surface area (TPSA) is 45.8 Å². The van der Waals surface area contributed by atoms with Gasteiger partial charge in [0, 0.05) is 37.9 Å². The van der Waals surface area contributed by atoms with E-state index in [0.717, 1.165) is 37.6 Å². The van der Waals surface area contributed by atoms with Crippen molar-refractivity contribution in [3.63, 3.8) is 0 Å². The van der Waals surface area contributed by atoms with Crippen LogP contribution in [0.5, 0.6) is 0 Å². The van der Waals surface area contributed by atoms with Gasteiger partial charge in [-0.15, -0.1) is 0 Å². The average Bonchev–Trinajstić information content (AvgIpc) is 3.87. The van der Waals surface area contributed by atoms with Crippen LogP contribution in [-0.2, 0) is 35.1 Å². The molecule has 0 N–H and O–H groups in total. The van der Waals surface area contributed by atoms with Crippen molar-refractivity contribution in [2.45, 2.75) is 78.3 Å². The zero-order chi connectivity index (χ0) is 37.9. The summed E-state index contributed by atoms with van der Waals surface area (Å²) >= 11 is 1.82. The van der Waals surface area contributed by atoms with E-state index in [0.29, 0.717) is 0 Å². The van der Waals surface area contributed by atoms with Crippen LogP contribution in [0.2, 0.25) is 0 Å². The Hall–Kier alpha value is -3.43. The van der Waals surface area contributed by atoms with E-state index >= 15 is 0 Å². The Bertz CT molecular complexity index is 1450. The van der Waals surface area contributed by atoms with Crippen LogP contribution >= 0.6 is 17.6 Å². The summed E-state index contributed by atoms with van der Waals surface area (Å²) in [7, 11) is 4.12. The van der Waals surface area contributed by atoms with Gasteiger partial charge in [0.2, 0.25) is 13.3 Å². The standard InChI is InChI=1S/C25H37N5.C18H15P.CO.ClH.Ru/c1-3-5-7-9-14-27-16-18-29(22-27)20-24-12-11-13-25(26-24)21-30-19-17-28(23-30)15-10-8-6-4-2;1-4-10-16(11-5-1)19(17-12-6-2-7-13-17)18-14-8-3-9-15-18;1-2;;/h11-13,16-19H,3-10,14-15,20-21H2,1-2H3;1-15H;;1H;/q;;;;+1/p-1. The van der Waals surface area contributed by atoms with E-state index in [-0.39, 0.29) is 0 Å². The summed E-state index contributed by atoms with van der Waals surface area (Å²) in [6, 6.07) is 38.6. The number of halogens is 1. The molecular weight excluding hydrogens is 782 g/mol. The van der Waals surface area contributed by atoms with Gasteiger partial charge in [0.15, 0.2) is 0 Å². The van der Waals surface area contributed by atoms with Gasteiger partial charge in [-0.25, -0.2) is 0 Å². The van der Waals surface area contributed by atoms with Gasteiger partial charge in [0.05, 0.1) is 24.5 Å². The first-order chi connectivity index (χ1) is 26.2. The van der Waals surface area contributed by atoms with E-state index in [1.54, 1.807) is 0 Å². The molecule has 0 amide bonds. The Morgan fingerprint density at radius 2 is 0.887 bits per heavy atom. The number of rotatable bonds is 17. The van der Waals surface area contributed by atoms with E-state index in [1.165, 1.54) is 67.3 Å². The van der Waals surface area contributed by atoms with E-state index in [9.17, 15) is 0 Å². The summed E-state index contributed by atoms with van der Waals surface area (Å²) in [5.74, 6) is 0. The fraction of sp³-hybridized carbons (Fsp3) is 0.318. The fourth-order valence-corrected chi connectivity index (χ4v) is 8.17. The minimum atomic E-state index is -0.446. The summed E-state index contributed by atoms with van der Waals surface area (Å²) in [6.45, 7) is 19.4. The molecule has 3 aromatic carbocycles. The number of nitrogens with zero attached hydrogens (tertiary/aromatic N) is 5. The van der Waals surface area contributed by atoms with E-state index in [1.807, 2.05) is 17.3 Å². The number of unbranched alkanes of at least 4 members (excludes halogenated alkanes) is 6. The number of benzene rings is 3. The molecule has 0 aliphatic carbocycles. The van der Waals surface area contributed by atoms with Gasteiger partial charge in [0.1, 0.15) is 0 Å². The molecule has 0 saturated heterocycles. The molecule has 0 saturated carbocycles. The zero-order valence-corrected chi connectivity index (χ0v) is 34.4. The van der Waals surface area contributed by atoms with Crippen molar-refractivity contribution in [1.29, 1.82) is 0 Å². The normalized spacial score (nSPS) is 12.9. The zero-order valence-electron chi connectivity index (χ0n) is 31.0. The number of pyridine rings is 1. The Morgan fingerprint density at radius 1 is 0.528 bits per heavy atom. The summed E-state index contributed by atoms with van der Waals surface area (Å²) in [6.07, 6.45) is 18.6. The molecule has 3 heterocycles. The minimum Gasteiger partial charge on any atom is -0.0622 e. The van der Waals surface area contributed by atoms with E-state index < -0.39 is 7.92 Å². The third kappa shape index (κ3) is 16.2. The molecule has 0 bridgehead atoms. The van der Waals surface area contributed by atoms with Crippen molar-refractivity contribution in [1.82, 2.24) is 24.6 Å². The van der Waals surface area contributed by atoms with Crippen LogP contribution in [0.1, 0.15) is 76.6 Å². The molecule has 4 aromatic rings. The van der Waals surface area contributed by atoms with Crippen molar-refractivity contribution in [3.05, 3.63) is 165 Å². The smallest absolute Gasteiger partial charge is 0.0134 e. The predicted octanol–water partition coefficient (Wildman–Crippen LogP) is 9.51. The molecule has 0 unspecified atom stereocenters. The van der Waals surface area contributed by atoms with Gasteiger partial charge < -0.3 is 19.6 Å². The summed E-state index contributed by atoms with van der Waals surface area (Å²) in [4.78, 5) is 13.4. The van der Waals surface area contributed by atoms with Gasteiger partial charge in [-0.2, -0.15) is 0 Å². The molecule has 279 valence electrons. The maximum atomic E-state index is 7.50. The van der Waals surface area contributed by atoms with Crippen molar-refractivity contribution < 1.29 is 22.0 Å². The third-order valence-electron chi connectivity index (χ3n) is 8.44. The third-order valence-corrected chi connectivity index (χ3v) is 10.9. The predicted molar refractivity (Wildman–Crippen MR) is 217 cm³/mol. The Labute approximate surface area is 335 Å². The molecular formula is C44H52ClN5OPRu. The van der Waals surface area contributed by atoms with E-state index in [4.69, 9.17) is 9.64 Å². The van der Waals surface area contributed by atoms with Crippen molar-refractivity contribution in [2.24, 2.45) is 0 Å².